The van der Waals surface area contributed by atoms with E-state index in [0.717, 1.165) is 30.3 Å². The van der Waals surface area contributed by atoms with E-state index < -0.39 is 10.0 Å². The van der Waals surface area contributed by atoms with Crippen LogP contribution in [0.4, 0.5) is 5.69 Å². The lowest BCUT2D eigenvalue weighted by Crippen LogP contribution is -2.47. The molecule has 0 spiro atoms. The first-order valence-electron chi connectivity index (χ1n) is 12.1. The van der Waals surface area contributed by atoms with E-state index in [1.807, 2.05) is 6.92 Å². The number of hydrogen-bond donors (Lipinski definition) is 2. The summed E-state index contributed by atoms with van der Waals surface area (Å²) in [6.07, 6.45) is 2.44. The van der Waals surface area contributed by atoms with Gasteiger partial charge < -0.3 is 19.6 Å². The van der Waals surface area contributed by atoms with E-state index in [2.05, 4.69) is 23.6 Å². The van der Waals surface area contributed by atoms with Crippen LogP contribution in [0.1, 0.15) is 32.3 Å². The lowest BCUT2D eigenvalue weighted by molar-refractivity contribution is -0.134. The fourth-order valence-electron chi connectivity index (χ4n) is 4.46. The third-order valence-corrected chi connectivity index (χ3v) is 9.47. The summed E-state index contributed by atoms with van der Waals surface area (Å²) in [5, 5.41) is 11.5. The molecule has 10 heteroatoms. The van der Waals surface area contributed by atoms with Crippen LogP contribution in [0.15, 0.2) is 39.9 Å². The first kappa shape index (κ1) is 25.9. The standard InChI is InChI=1S/C25H35N3O5S2/c1-17-13-28(18(2)16-29)24(30)12-20-11-21(26-35(31,32)25-5-4-10-34-25)8-9-22(20)33-23(17)15-27(3)14-19-6-7-19/h4-5,8-11,17-19,23,26,29H,6-7,12-16H2,1-3H3/t17-,18+,23+/m0/s1. The summed E-state index contributed by atoms with van der Waals surface area (Å²) in [5.74, 6) is 1.27. The van der Waals surface area contributed by atoms with Gasteiger partial charge in [-0.1, -0.05) is 13.0 Å². The van der Waals surface area contributed by atoms with E-state index in [4.69, 9.17) is 4.74 Å². The smallest absolute Gasteiger partial charge is 0.271 e. The molecular weight excluding hydrogens is 486 g/mol. The van der Waals surface area contributed by atoms with Crippen LogP contribution in [0.5, 0.6) is 5.75 Å². The maximum Gasteiger partial charge on any atom is 0.271 e. The van der Waals surface area contributed by atoms with Crippen LogP contribution in [0.2, 0.25) is 0 Å². The van der Waals surface area contributed by atoms with Gasteiger partial charge in [0.25, 0.3) is 10.0 Å². The van der Waals surface area contributed by atoms with Crippen molar-refractivity contribution in [2.24, 2.45) is 11.8 Å². The molecule has 0 unspecified atom stereocenters. The van der Waals surface area contributed by atoms with E-state index in [1.165, 1.54) is 12.8 Å². The molecule has 2 aromatic rings. The first-order valence-corrected chi connectivity index (χ1v) is 14.5. The highest BCUT2D eigenvalue weighted by Crippen LogP contribution is 2.32. The average molecular weight is 522 g/mol. The van der Waals surface area contributed by atoms with Gasteiger partial charge in [0.05, 0.1) is 19.1 Å². The van der Waals surface area contributed by atoms with E-state index in [1.54, 1.807) is 40.6 Å². The van der Waals surface area contributed by atoms with Gasteiger partial charge in [-0.05, 0) is 62.4 Å². The maximum atomic E-state index is 13.3. The van der Waals surface area contributed by atoms with Crippen molar-refractivity contribution in [2.75, 3.05) is 38.0 Å². The molecule has 0 radical (unpaired) electrons. The summed E-state index contributed by atoms with van der Waals surface area (Å²) >= 11 is 1.14. The first-order chi connectivity index (χ1) is 16.7. The summed E-state index contributed by atoms with van der Waals surface area (Å²) < 4.78 is 34.8. The predicted octanol–water partition coefficient (Wildman–Crippen LogP) is 3.04. The highest BCUT2D eigenvalue weighted by molar-refractivity contribution is 7.94. The molecule has 192 valence electrons. The Kier molecular flexibility index (Phi) is 8.05. The second kappa shape index (κ2) is 10.9. The molecule has 1 aromatic heterocycles. The summed E-state index contributed by atoms with van der Waals surface area (Å²) in [4.78, 5) is 17.3. The number of sulfonamides is 1. The van der Waals surface area contributed by atoms with Crippen LogP contribution in [0.25, 0.3) is 0 Å². The normalized spacial score (nSPS) is 22.1. The minimum atomic E-state index is -3.71. The van der Waals surface area contributed by atoms with Crippen molar-refractivity contribution in [3.8, 4) is 5.75 Å². The van der Waals surface area contributed by atoms with Gasteiger partial charge in [0.15, 0.2) is 0 Å². The number of aliphatic hydroxyl groups is 1. The molecule has 2 N–H and O–H groups in total. The molecule has 0 saturated heterocycles. The quantitative estimate of drug-likeness (QED) is 0.526. The van der Waals surface area contributed by atoms with Crippen molar-refractivity contribution in [1.29, 1.82) is 0 Å². The van der Waals surface area contributed by atoms with Gasteiger partial charge in [-0.3, -0.25) is 9.52 Å². The number of nitrogens with zero attached hydrogens (tertiary/aromatic N) is 2. The number of likely N-dealkylation sites (N-methyl/N-ethyl adjacent to an activating group) is 1. The minimum Gasteiger partial charge on any atom is -0.488 e. The monoisotopic (exact) mass is 521 g/mol. The molecule has 1 amide bonds. The van der Waals surface area contributed by atoms with Gasteiger partial charge in [0, 0.05) is 36.8 Å². The molecule has 3 atom stereocenters. The third kappa shape index (κ3) is 6.55. The number of carbonyl (C=O) groups excluding carboxylic acids is 1. The molecular formula is C25H35N3O5S2. The topological polar surface area (TPSA) is 99.2 Å². The Hall–Kier alpha value is -2.14. The fraction of sp³-hybridized carbons (Fsp3) is 0.560. The van der Waals surface area contributed by atoms with Gasteiger partial charge in [-0.15, -0.1) is 11.3 Å². The van der Waals surface area contributed by atoms with Gasteiger partial charge in [0.1, 0.15) is 16.1 Å². The Bertz CT molecular complexity index is 1120. The van der Waals surface area contributed by atoms with Crippen molar-refractivity contribution in [2.45, 2.75) is 49.5 Å². The van der Waals surface area contributed by atoms with Crippen molar-refractivity contribution < 1.29 is 23.1 Å². The molecule has 1 aliphatic carbocycles. The number of rotatable bonds is 9. The van der Waals surface area contributed by atoms with Crippen molar-refractivity contribution in [3.05, 3.63) is 41.3 Å². The Labute approximate surface area is 211 Å². The molecule has 0 bridgehead atoms. The summed E-state index contributed by atoms with van der Waals surface area (Å²) in [5.41, 5.74) is 1.01. The number of anilines is 1. The molecule has 1 aliphatic heterocycles. The number of amides is 1. The Morgan fingerprint density at radius 3 is 2.71 bits per heavy atom. The molecule has 1 saturated carbocycles. The Balaban J connectivity index is 1.63. The second-order valence-corrected chi connectivity index (χ2v) is 12.8. The lowest BCUT2D eigenvalue weighted by Gasteiger charge is -2.34. The van der Waals surface area contributed by atoms with Crippen molar-refractivity contribution in [1.82, 2.24) is 9.80 Å². The lowest BCUT2D eigenvalue weighted by atomic mass is 10.0. The third-order valence-electron chi connectivity index (χ3n) is 6.69. The van der Waals surface area contributed by atoms with Crippen molar-refractivity contribution >= 4 is 33.0 Å². The molecule has 2 aliphatic rings. The van der Waals surface area contributed by atoms with E-state index in [9.17, 15) is 18.3 Å². The largest absolute Gasteiger partial charge is 0.488 e. The summed E-state index contributed by atoms with van der Waals surface area (Å²) in [6, 6.07) is 8.03. The van der Waals surface area contributed by atoms with Crippen LogP contribution in [-0.4, -0.2) is 74.7 Å². The highest BCUT2D eigenvalue weighted by Gasteiger charge is 2.32. The SMILES string of the molecule is C[C@H](CO)N1C[C@H](C)[C@@H](CN(C)CC2CC2)Oc2ccc(NS(=O)(=O)c3cccs3)cc2CC1=O. The van der Waals surface area contributed by atoms with Gasteiger partial charge in [-0.25, -0.2) is 8.42 Å². The second-order valence-electron chi connectivity index (χ2n) is 9.91. The van der Waals surface area contributed by atoms with Gasteiger partial charge >= 0.3 is 0 Å². The number of fused-ring (bicyclic) bond motifs is 1. The van der Waals surface area contributed by atoms with Crippen molar-refractivity contribution in [3.63, 3.8) is 0 Å². The summed E-state index contributed by atoms with van der Waals surface area (Å²) in [6.45, 7) is 6.02. The van der Waals surface area contributed by atoms with Crippen LogP contribution in [0, 0.1) is 11.8 Å². The Morgan fingerprint density at radius 2 is 2.06 bits per heavy atom. The van der Waals surface area contributed by atoms with E-state index in [-0.39, 0.29) is 41.2 Å². The zero-order valence-corrected chi connectivity index (χ0v) is 22.1. The number of benzene rings is 1. The molecule has 1 aromatic carbocycles. The number of hydrogen-bond acceptors (Lipinski definition) is 7. The summed E-state index contributed by atoms with van der Waals surface area (Å²) in [7, 11) is -1.61. The number of nitrogens with one attached hydrogen (secondary N) is 1. The Morgan fingerprint density at radius 1 is 1.29 bits per heavy atom. The molecule has 2 heterocycles. The van der Waals surface area contributed by atoms with Crippen LogP contribution in [0.3, 0.4) is 0 Å². The van der Waals surface area contributed by atoms with Crippen LogP contribution >= 0.6 is 11.3 Å². The van der Waals surface area contributed by atoms with Gasteiger partial charge in [-0.2, -0.15) is 0 Å². The molecule has 1 fully saturated rings. The molecule has 8 nitrogen and oxygen atoms in total. The zero-order chi connectivity index (χ0) is 25.2. The maximum absolute atomic E-state index is 13.3. The predicted molar refractivity (Wildman–Crippen MR) is 137 cm³/mol. The number of aliphatic hydroxyl groups excluding tert-OH is 1. The number of ether oxygens (including phenoxy) is 1. The minimum absolute atomic E-state index is 0.0394. The molecule has 35 heavy (non-hydrogen) atoms. The molecule has 4 rings (SSSR count). The van der Waals surface area contributed by atoms with Gasteiger partial charge in [0.2, 0.25) is 5.91 Å². The highest BCUT2D eigenvalue weighted by atomic mass is 32.2. The number of thiophene rings is 1. The zero-order valence-electron chi connectivity index (χ0n) is 20.5. The fourth-order valence-corrected chi connectivity index (χ4v) is 6.50. The van der Waals surface area contributed by atoms with Crippen LogP contribution in [-0.2, 0) is 21.2 Å². The number of carbonyl (C=O) groups is 1. The van der Waals surface area contributed by atoms with E-state index in [0.29, 0.717) is 23.5 Å². The van der Waals surface area contributed by atoms with Crippen LogP contribution < -0.4 is 9.46 Å². The van der Waals surface area contributed by atoms with E-state index >= 15 is 0 Å². The average Bonchev–Trinajstić information content (AvgIpc) is 3.42.